The lowest BCUT2D eigenvalue weighted by molar-refractivity contribution is -0.149. The van der Waals surface area contributed by atoms with Gasteiger partial charge in [-0.3, -0.25) is 9.59 Å². The predicted molar refractivity (Wildman–Crippen MR) is 51.3 cm³/mol. The summed E-state index contributed by atoms with van der Waals surface area (Å²) in [5.41, 5.74) is -1.34. The van der Waals surface area contributed by atoms with E-state index in [1.165, 1.54) is 13.8 Å². The molecule has 0 aliphatic carbocycles. The Kier molecular flexibility index (Phi) is 3.26. The first-order valence-electron chi connectivity index (χ1n) is 4.84. The minimum Gasteiger partial charge on any atom is -0.381 e. The van der Waals surface area contributed by atoms with E-state index in [2.05, 4.69) is 0 Å². The Morgan fingerprint density at radius 1 is 1.57 bits per heavy atom. The molecule has 0 spiro atoms. The van der Waals surface area contributed by atoms with Gasteiger partial charge in [0.05, 0.1) is 0 Å². The van der Waals surface area contributed by atoms with Crippen LogP contribution in [0.2, 0.25) is 0 Å². The maximum Gasteiger partial charge on any atom is 0.253 e. The molecule has 14 heavy (non-hydrogen) atoms. The molecule has 0 aromatic carbocycles. The number of likely N-dealkylation sites (tertiary alicyclic amines) is 1. The number of aliphatic hydroxyl groups is 1. The summed E-state index contributed by atoms with van der Waals surface area (Å²) >= 11 is 0. The molecule has 0 aromatic rings. The number of carbonyl (C=O) groups is 1. The van der Waals surface area contributed by atoms with Crippen molar-refractivity contribution in [2.45, 2.75) is 32.3 Å². The van der Waals surface area contributed by atoms with E-state index in [4.69, 9.17) is 0 Å². The average molecular weight is 198 g/mol. The Labute approximate surface area is 83.9 Å². The second-order valence-electron chi connectivity index (χ2n) is 4.27. The first-order valence-corrected chi connectivity index (χ1v) is 4.84. The fourth-order valence-corrected chi connectivity index (χ4v) is 1.64. The van der Waals surface area contributed by atoms with E-state index in [1.54, 1.807) is 4.90 Å². The number of nitrogens with zero attached hydrogens (tertiary/aromatic N) is 1. The Hall–Kier alpha value is -0.900. The van der Waals surface area contributed by atoms with Crippen molar-refractivity contribution in [2.24, 2.45) is 5.92 Å². The number of carbonyl (C=O) groups excluding carboxylic acids is 2. The third-order valence-corrected chi connectivity index (χ3v) is 2.40. The van der Waals surface area contributed by atoms with Crippen LogP contribution in [0, 0.1) is 5.92 Å². The normalized spacial score (nSPS) is 23.4. The zero-order chi connectivity index (χ0) is 10.8. The smallest absolute Gasteiger partial charge is 0.253 e. The molecule has 1 atom stereocenters. The molecule has 4 heteroatoms. The maximum atomic E-state index is 11.6. The summed E-state index contributed by atoms with van der Waals surface area (Å²) < 4.78 is 0. The highest BCUT2D eigenvalue weighted by atomic mass is 16.3. The summed E-state index contributed by atoms with van der Waals surface area (Å²) in [5.74, 6) is -0.493. The molecule has 1 amide bonds. The van der Waals surface area contributed by atoms with Crippen LogP contribution in [0.4, 0.5) is 0 Å². The van der Waals surface area contributed by atoms with Crippen molar-refractivity contribution in [3.05, 3.63) is 0 Å². The van der Waals surface area contributed by atoms with Gasteiger partial charge in [-0.25, -0.2) is 0 Å². The molecule has 1 fully saturated rings. The third kappa shape index (κ3) is 2.54. The van der Waals surface area contributed by atoms with Crippen molar-refractivity contribution in [3.8, 4) is 0 Å². The van der Waals surface area contributed by atoms with Gasteiger partial charge in [0.25, 0.3) is 5.91 Å². The SMILES string of the molecule is CC(C)(O)C(=O)N1CCCC([C]=O)C1. The fourth-order valence-electron chi connectivity index (χ4n) is 1.64. The molecule has 0 saturated carbocycles. The van der Waals surface area contributed by atoms with Gasteiger partial charge in [-0.15, -0.1) is 0 Å². The molecule has 1 unspecified atom stereocenters. The lowest BCUT2D eigenvalue weighted by Gasteiger charge is -2.33. The quantitative estimate of drug-likeness (QED) is 0.685. The van der Waals surface area contributed by atoms with Crippen LogP contribution in [0.15, 0.2) is 0 Å². The largest absolute Gasteiger partial charge is 0.381 e. The molecule has 1 heterocycles. The van der Waals surface area contributed by atoms with Gasteiger partial charge in [-0.2, -0.15) is 0 Å². The van der Waals surface area contributed by atoms with E-state index >= 15 is 0 Å². The molecule has 1 saturated heterocycles. The summed E-state index contributed by atoms with van der Waals surface area (Å²) in [6, 6.07) is 0. The van der Waals surface area contributed by atoms with Crippen LogP contribution in [0.25, 0.3) is 0 Å². The van der Waals surface area contributed by atoms with E-state index in [0.717, 1.165) is 12.8 Å². The van der Waals surface area contributed by atoms with E-state index < -0.39 is 5.60 Å². The molecule has 1 aliphatic rings. The minimum absolute atomic E-state index is 0.185. The van der Waals surface area contributed by atoms with Crippen molar-refractivity contribution < 1.29 is 14.7 Å². The molecule has 0 aromatic heterocycles. The molecule has 0 bridgehead atoms. The topological polar surface area (TPSA) is 57.6 Å². The van der Waals surface area contributed by atoms with Crippen LogP contribution in [0.1, 0.15) is 26.7 Å². The Morgan fingerprint density at radius 2 is 2.21 bits per heavy atom. The molecule has 4 nitrogen and oxygen atoms in total. The third-order valence-electron chi connectivity index (χ3n) is 2.40. The van der Waals surface area contributed by atoms with E-state index in [0.29, 0.717) is 13.1 Å². The van der Waals surface area contributed by atoms with Gasteiger partial charge in [0, 0.05) is 19.0 Å². The van der Waals surface area contributed by atoms with Crippen molar-refractivity contribution >= 4 is 12.2 Å². The predicted octanol–water partition coefficient (Wildman–Crippen LogP) is 0.106. The van der Waals surface area contributed by atoms with Crippen LogP contribution < -0.4 is 0 Å². The summed E-state index contributed by atoms with van der Waals surface area (Å²) in [6.07, 6.45) is 3.51. The van der Waals surface area contributed by atoms with Gasteiger partial charge in [-0.05, 0) is 26.7 Å². The van der Waals surface area contributed by atoms with Crippen LogP contribution in [-0.4, -0.2) is 40.9 Å². The second-order valence-corrected chi connectivity index (χ2v) is 4.27. The number of amides is 1. The maximum absolute atomic E-state index is 11.6. The number of rotatable bonds is 2. The fraction of sp³-hybridized carbons (Fsp3) is 0.800. The Bertz CT molecular complexity index is 232. The number of hydrogen-bond donors (Lipinski definition) is 1. The molecule has 1 rings (SSSR count). The van der Waals surface area contributed by atoms with Crippen LogP contribution in [0.5, 0.6) is 0 Å². The van der Waals surface area contributed by atoms with Crippen LogP contribution >= 0.6 is 0 Å². The molecule has 1 N–H and O–H groups in total. The zero-order valence-corrected chi connectivity index (χ0v) is 8.62. The van der Waals surface area contributed by atoms with Crippen LogP contribution in [0.3, 0.4) is 0 Å². The summed E-state index contributed by atoms with van der Waals surface area (Å²) in [4.78, 5) is 23.6. The number of hydrogen-bond acceptors (Lipinski definition) is 3. The van der Waals surface area contributed by atoms with Gasteiger partial charge in [0.2, 0.25) is 6.29 Å². The van der Waals surface area contributed by atoms with Gasteiger partial charge < -0.3 is 10.0 Å². The highest BCUT2D eigenvalue weighted by molar-refractivity contribution is 5.84. The molecular weight excluding hydrogens is 182 g/mol. The first kappa shape index (κ1) is 11.2. The molecular formula is C10H16NO3. The highest BCUT2D eigenvalue weighted by Crippen LogP contribution is 2.17. The van der Waals surface area contributed by atoms with E-state index in [-0.39, 0.29) is 11.8 Å². The standard InChI is InChI=1S/C10H16NO3/c1-10(2,14)9(13)11-5-3-4-8(6-11)7-12/h8,14H,3-6H2,1-2H3. The molecule has 79 valence electrons. The second kappa shape index (κ2) is 4.09. The molecule has 1 radical (unpaired) electrons. The van der Waals surface area contributed by atoms with Crippen molar-refractivity contribution in [1.29, 1.82) is 0 Å². The van der Waals surface area contributed by atoms with Crippen LogP contribution in [-0.2, 0) is 9.59 Å². The van der Waals surface area contributed by atoms with E-state index in [1.807, 2.05) is 6.29 Å². The van der Waals surface area contributed by atoms with Gasteiger partial charge in [0.15, 0.2) is 0 Å². The number of piperidine rings is 1. The van der Waals surface area contributed by atoms with Crippen molar-refractivity contribution in [2.75, 3.05) is 13.1 Å². The minimum atomic E-state index is -1.34. The molecule has 1 aliphatic heterocycles. The Morgan fingerprint density at radius 3 is 2.71 bits per heavy atom. The highest BCUT2D eigenvalue weighted by Gasteiger charge is 2.32. The Balaban J connectivity index is 2.60. The van der Waals surface area contributed by atoms with Crippen molar-refractivity contribution in [1.82, 2.24) is 4.90 Å². The first-order chi connectivity index (χ1) is 6.45. The summed E-state index contributed by atoms with van der Waals surface area (Å²) in [6.45, 7) is 3.94. The average Bonchev–Trinajstić information content (AvgIpc) is 2.15. The summed E-state index contributed by atoms with van der Waals surface area (Å²) in [7, 11) is 0. The summed E-state index contributed by atoms with van der Waals surface area (Å²) in [5, 5.41) is 9.51. The monoisotopic (exact) mass is 198 g/mol. The van der Waals surface area contributed by atoms with Crippen molar-refractivity contribution in [3.63, 3.8) is 0 Å². The lowest BCUT2D eigenvalue weighted by Crippen LogP contribution is -2.49. The van der Waals surface area contributed by atoms with E-state index in [9.17, 15) is 14.7 Å². The van der Waals surface area contributed by atoms with Gasteiger partial charge in [-0.1, -0.05) is 0 Å². The van der Waals surface area contributed by atoms with Gasteiger partial charge in [0.1, 0.15) is 5.60 Å². The zero-order valence-electron chi connectivity index (χ0n) is 8.62. The van der Waals surface area contributed by atoms with Gasteiger partial charge >= 0.3 is 0 Å². The lowest BCUT2D eigenvalue weighted by atomic mass is 9.97.